The van der Waals surface area contributed by atoms with E-state index < -0.39 is 38.6 Å². The van der Waals surface area contributed by atoms with Crippen molar-refractivity contribution in [3.05, 3.63) is 88.8 Å². The Balaban J connectivity index is 1.75. The van der Waals surface area contributed by atoms with Gasteiger partial charge in [0.1, 0.15) is 16.5 Å². The molecule has 1 aromatic heterocycles. The molecule has 4 aromatic rings. The zero-order valence-corrected chi connectivity index (χ0v) is 18.5. The Morgan fingerprint density at radius 1 is 1.06 bits per heavy atom. The predicted molar refractivity (Wildman–Crippen MR) is 115 cm³/mol. The molecular formula is C22H13ClF4N2O4S. The van der Waals surface area contributed by atoms with Crippen LogP contribution in [0.2, 0.25) is 5.02 Å². The number of ketones is 1. The van der Waals surface area contributed by atoms with Gasteiger partial charge in [-0.2, -0.15) is 17.6 Å². The monoisotopic (exact) mass is 512 g/mol. The SMILES string of the molecule is O=C(Cc1ccc2cnn(S(=O)(=O)c3ccccc3OC(F)(F)F)c2c1)c1c(F)cccc1Cl. The first-order chi connectivity index (χ1) is 16.0. The minimum atomic E-state index is -5.11. The lowest BCUT2D eigenvalue weighted by molar-refractivity contribution is -0.275. The summed E-state index contributed by atoms with van der Waals surface area (Å²) in [6.45, 7) is 0. The normalized spacial score (nSPS) is 12.1. The average Bonchev–Trinajstić information content (AvgIpc) is 3.17. The third-order valence-corrected chi connectivity index (χ3v) is 6.74. The smallest absolute Gasteiger partial charge is 0.404 e. The van der Waals surface area contributed by atoms with Crippen LogP contribution >= 0.6 is 11.6 Å². The van der Waals surface area contributed by atoms with Crippen molar-refractivity contribution in [3.63, 3.8) is 0 Å². The van der Waals surface area contributed by atoms with E-state index >= 15 is 0 Å². The number of hydrogen-bond donors (Lipinski definition) is 0. The highest BCUT2D eigenvalue weighted by molar-refractivity contribution is 7.90. The molecule has 0 bridgehead atoms. The second-order valence-electron chi connectivity index (χ2n) is 7.08. The molecule has 0 aliphatic rings. The van der Waals surface area contributed by atoms with Gasteiger partial charge in [-0.25, -0.2) is 4.39 Å². The Labute approximate surface area is 195 Å². The summed E-state index contributed by atoms with van der Waals surface area (Å²) in [5, 5.41) is 4.09. The second kappa shape index (κ2) is 8.73. The van der Waals surface area contributed by atoms with Crippen molar-refractivity contribution in [1.29, 1.82) is 0 Å². The number of rotatable bonds is 6. The number of para-hydroxylation sites is 1. The van der Waals surface area contributed by atoms with Crippen molar-refractivity contribution in [2.45, 2.75) is 17.7 Å². The van der Waals surface area contributed by atoms with Gasteiger partial charge in [-0.15, -0.1) is 13.2 Å². The summed E-state index contributed by atoms with van der Waals surface area (Å²) in [4.78, 5) is 11.9. The van der Waals surface area contributed by atoms with Gasteiger partial charge in [0.2, 0.25) is 0 Å². The lowest BCUT2D eigenvalue weighted by Gasteiger charge is -2.14. The van der Waals surface area contributed by atoms with Crippen molar-refractivity contribution in [1.82, 2.24) is 9.19 Å². The summed E-state index contributed by atoms with van der Waals surface area (Å²) in [6, 6.07) is 12.4. The van der Waals surface area contributed by atoms with Gasteiger partial charge >= 0.3 is 6.36 Å². The first kappa shape index (κ1) is 23.7. The highest BCUT2D eigenvalue weighted by atomic mass is 35.5. The Hall–Kier alpha value is -3.44. The molecule has 0 saturated carbocycles. The van der Waals surface area contributed by atoms with Crippen LogP contribution in [-0.4, -0.2) is 29.7 Å². The van der Waals surface area contributed by atoms with E-state index in [1.807, 2.05) is 0 Å². The summed E-state index contributed by atoms with van der Waals surface area (Å²) in [5.41, 5.74) is 0.0176. The predicted octanol–water partition coefficient (Wildman–Crippen LogP) is 5.39. The molecule has 0 aliphatic carbocycles. The molecule has 4 rings (SSSR count). The molecule has 1 heterocycles. The molecule has 0 N–H and O–H groups in total. The van der Waals surface area contributed by atoms with Crippen LogP contribution in [0.5, 0.6) is 5.75 Å². The summed E-state index contributed by atoms with van der Waals surface area (Å²) >= 11 is 5.94. The Morgan fingerprint density at radius 2 is 1.79 bits per heavy atom. The first-order valence-corrected chi connectivity index (χ1v) is 11.3. The van der Waals surface area contributed by atoms with E-state index in [0.717, 1.165) is 18.2 Å². The standard InChI is InChI=1S/C22H13ClF4N2O4S/c23-15-4-3-5-16(24)21(15)18(30)11-13-8-9-14-12-28-29(17(14)10-13)34(31,32)20-7-2-1-6-19(20)33-22(25,26)27/h1-10,12H,11H2. The van der Waals surface area contributed by atoms with Gasteiger partial charge < -0.3 is 4.74 Å². The van der Waals surface area contributed by atoms with Gasteiger partial charge in [0.15, 0.2) is 5.78 Å². The number of fused-ring (bicyclic) bond motifs is 1. The molecule has 0 fully saturated rings. The van der Waals surface area contributed by atoms with Gasteiger partial charge in [-0.05, 0) is 35.9 Å². The third kappa shape index (κ3) is 4.62. The second-order valence-corrected chi connectivity index (χ2v) is 9.22. The Bertz CT molecular complexity index is 1500. The minimum absolute atomic E-state index is 0.00624. The molecule has 176 valence electrons. The van der Waals surface area contributed by atoms with Crippen LogP contribution in [0.1, 0.15) is 15.9 Å². The fraction of sp³-hybridized carbons (Fsp3) is 0.0909. The molecular weight excluding hydrogens is 500 g/mol. The molecule has 6 nitrogen and oxygen atoms in total. The summed E-state index contributed by atoms with van der Waals surface area (Å²) in [5.74, 6) is -2.35. The number of Topliss-reactive ketones (excluding diaryl/α,β-unsaturated/α-hetero) is 1. The van der Waals surface area contributed by atoms with Crippen LogP contribution in [0.15, 0.2) is 71.8 Å². The fourth-order valence-electron chi connectivity index (χ4n) is 3.35. The van der Waals surface area contributed by atoms with Gasteiger partial charge in [-0.1, -0.05) is 41.9 Å². The molecule has 0 amide bonds. The van der Waals surface area contributed by atoms with E-state index in [1.54, 1.807) is 0 Å². The highest BCUT2D eigenvalue weighted by Crippen LogP contribution is 2.32. The maximum Gasteiger partial charge on any atom is 0.573 e. The first-order valence-electron chi connectivity index (χ1n) is 9.51. The molecule has 0 saturated heterocycles. The molecule has 0 radical (unpaired) electrons. The van der Waals surface area contributed by atoms with Crippen LogP contribution < -0.4 is 4.74 Å². The number of carbonyl (C=O) groups is 1. The van der Waals surface area contributed by atoms with Gasteiger partial charge in [0, 0.05) is 11.8 Å². The van der Waals surface area contributed by atoms with Crippen LogP contribution in [0, 0.1) is 5.82 Å². The summed E-state index contributed by atoms with van der Waals surface area (Å²) in [7, 11) is -4.62. The fourth-order valence-corrected chi connectivity index (χ4v) is 5.00. The average molecular weight is 513 g/mol. The van der Waals surface area contributed by atoms with Crippen LogP contribution in [0.25, 0.3) is 10.9 Å². The number of hydrogen-bond acceptors (Lipinski definition) is 5. The van der Waals surface area contributed by atoms with Crippen LogP contribution in [0.4, 0.5) is 17.6 Å². The molecule has 3 aromatic carbocycles. The van der Waals surface area contributed by atoms with Crippen molar-refractivity contribution in [2.75, 3.05) is 0 Å². The maximum atomic E-state index is 14.1. The summed E-state index contributed by atoms with van der Waals surface area (Å²) < 4.78 is 83.2. The number of aromatic nitrogens is 2. The van der Waals surface area contributed by atoms with E-state index in [1.165, 1.54) is 48.7 Å². The molecule has 0 aliphatic heterocycles. The molecule has 12 heteroatoms. The van der Waals surface area contributed by atoms with E-state index in [2.05, 4.69) is 9.84 Å². The number of ether oxygens (including phenoxy) is 1. The number of alkyl halides is 3. The number of carbonyl (C=O) groups excluding carboxylic acids is 1. The maximum absolute atomic E-state index is 14.1. The number of benzene rings is 3. The highest BCUT2D eigenvalue weighted by Gasteiger charge is 2.35. The largest absolute Gasteiger partial charge is 0.573 e. The van der Waals surface area contributed by atoms with Crippen molar-refractivity contribution in [2.24, 2.45) is 0 Å². The molecule has 0 unspecified atom stereocenters. The van der Waals surface area contributed by atoms with Gasteiger partial charge in [-0.3, -0.25) is 4.79 Å². The zero-order chi connectivity index (χ0) is 24.7. The van der Waals surface area contributed by atoms with Crippen LogP contribution in [-0.2, 0) is 16.4 Å². The lowest BCUT2D eigenvalue weighted by atomic mass is 10.0. The Kier molecular flexibility index (Phi) is 6.09. The van der Waals surface area contributed by atoms with E-state index in [4.69, 9.17) is 11.6 Å². The van der Waals surface area contributed by atoms with E-state index in [-0.39, 0.29) is 22.5 Å². The van der Waals surface area contributed by atoms with E-state index in [9.17, 15) is 30.8 Å². The van der Waals surface area contributed by atoms with Gasteiger partial charge in [0.25, 0.3) is 10.0 Å². The molecule has 0 spiro atoms. The van der Waals surface area contributed by atoms with Gasteiger partial charge in [0.05, 0.1) is 22.3 Å². The van der Waals surface area contributed by atoms with Crippen molar-refractivity contribution < 1.29 is 35.5 Å². The quantitative estimate of drug-likeness (QED) is 0.256. The van der Waals surface area contributed by atoms with Crippen molar-refractivity contribution in [3.8, 4) is 5.75 Å². The van der Waals surface area contributed by atoms with E-state index in [0.29, 0.717) is 15.0 Å². The minimum Gasteiger partial charge on any atom is -0.404 e. The van der Waals surface area contributed by atoms with Crippen LogP contribution in [0.3, 0.4) is 0 Å². The van der Waals surface area contributed by atoms with Crippen molar-refractivity contribution >= 4 is 38.3 Å². The zero-order valence-electron chi connectivity index (χ0n) is 16.9. The number of nitrogens with zero attached hydrogens (tertiary/aromatic N) is 2. The lowest BCUT2D eigenvalue weighted by Crippen LogP contribution is -2.21. The number of halogens is 5. The molecule has 34 heavy (non-hydrogen) atoms. The molecule has 0 atom stereocenters. The summed E-state index contributed by atoms with van der Waals surface area (Å²) in [6.07, 6.45) is -4.21. The third-order valence-electron chi connectivity index (χ3n) is 4.79. The Morgan fingerprint density at radius 3 is 2.50 bits per heavy atom. The topological polar surface area (TPSA) is 78.3 Å².